The average molecular weight is 239 g/mol. The molecule has 18 heavy (non-hydrogen) atoms. The van der Waals surface area contributed by atoms with E-state index in [1.54, 1.807) is 6.20 Å². The Kier molecular flexibility index (Phi) is 3.28. The summed E-state index contributed by atoms with van der Waals surface area (Å²) in [4.78, 5) is 16.2. The van der Waals surface area contributed by atoms with E-state index in [2.05, 4.69) is 4.98 Å². The molecule has 0 amide bonds. The lowest BCUT2D eigenvalue weighted by Gasteiger charge is -2.16. The fraction of sp³-hybridized carbons (Fsp3) is 0.250. The zero-order valence-electron chi connectivity index (χ0n) is 11.0. The van der Waals surface area contributed by atoms with Gasteiger partial charge < -0.3 is 0 Å². The van der Waals surface area contributed by atoms with Crippen molar-refractivity contribution in [2.75, 3.05) is 0 Å². The van der Waals surface area contributed by atoms with Crippen molar-refractivity contribution in [1.29, 1.82) is 0 Å². The summed E-state index contributed by atoms with van der Waals surface area (Å²) in [5, 5.41) is 0. The van der Waals surface area contributed by atoms with Crippen molar-refractivity contribution >= 4 is 5.78 Å². The van der Waals surface area contributed by atoms with E-state index in [-0.39, 0.29) is 11.2 Å². The molecule has 0 unspecified atom stereocenters. The molecule has 0 atom stereocenters. The Morgan fingerprint density at radius 2 is 1.67 bits per heavy atom. The number of carbonyl (C=O) groups excluding carboxylic acids is 1. The van der Waals surface area contributed by atoms with Gasteiger partial charge in [-0.15, -0.1) is 0 Å². The van der Waals surface area contributed by atoms with Crippen LogP contribution < -0.4 is 0 Å². The lowest BCUT2D eigenvalue weighted by atomic mass is 9.86. The maximum atomic E-state index is 12.1. The second-order valence-corrected chi connectivity index (χ2v) is 5.40. The van der Waals surface area contributed by atoms with E-state index in [4.69, 9.17) is 0 Å². The molecule has 0 aliphatic rings. The number of carbonyl (C=O) groups is 1. The number of hydrogen-bond acceptors (Lipinski definition) is 2. The van der Waals surface area contributed by atoms with Crippen molar-refractivity contribution in [3.05, 3.63) is 54.4 Å². The maximum absolute atomic E-state index is 12.1. The zero-order valence-corrected chi connectivity index (χ0v) is 11.0. The van der Waals surface area contributed by atoms with Crippen molar-refractivity contribution in [2.24, 2.45) is 5.41 Å². The Bertz CT molecular complexity index is 536. The van der Waals surface area contributed by atoms with E-state index >= 15 is 0 Å². The molecule has 0 saturated carbocycles. The van der Waals surface area contributed by atoms with Gasteiger partial charge in [0.05, 0.1) is 0 Å². The van der Waals surface area contributed by atoms with Crippen LogP contribution in [0.15, 0.2) is 48.8 Å². The van der Waals surface area contributed by atoms with E-state index in [0.29, 0.717) is 0 Å². The highest BCUT2D eigenvalue weighted by Gasteiger charge is 2.22. The third-order valence-corrected chi connectivity index (χ3v) is 2.82. The fourth-order valence-electron chi connectivity index (χ4n) is 1.78. The van der Waals surface area contributed by atoms with Gasteiger partial charge in [0.2, 0.25) is 0 Å². The van der Waals surface area contributed by atoms with E-state index in [0.717, 1.165) is 16.7 Å². The molecule has 92 valence electrons. The third kappa shape index (κ3) is 2.65. The average Bonchev–Trinajstić information content (AvgIpc) is 2.38. The van der Waals surface area contributed by atoms with Gasteiger partial charge in [0.25, 0.3) is 0 Å². The second-order valence-electron chi connectivity index (χ2n) is 5.40. The largest absolute Gasteiger partial charge is 0.294 e. The van der Waals surface area contributed by atoms with Crippen LogP contribution in [0.4, 0.5) is 0 Å². The second kappa shape index (κ2) is 4.73. The number of Topliss-reactive ketones (excluding diaryl/α,β-unsaturated/α-hetero) is 1. The summed E-state index contributed by atoms with van der Waals surface area (Å²) in [6, 6.07) is 11.6. The predicted octanol–water partition coefficient (Wildman–Crippen LogP) is 3.98. The predicted molar refractivity (Wildman–Crippen MR) is 73.5 cm³/mol. The van der Waals surface area contributed by atoms with Gasteiger partial charge in [-0.3, -0.25) is 9.78 Å². The van der Waals surface area contributed by atoms with Gasteiger partial charge in [-0.2, -0.15) is 0 Å². The van der Waals surface area contributed by atoms with Crippen LogP contribution in [0.1, 0.15) is 31.1 Å². The first-order valence-electron chi connectivity index (χ1n) is 6.04. The van der Waals surface area contributed by atoms with E-state index in [1.165, 1.54) is 0 Å². The Balaban J connectivity index is 2.29. The van der Waals surface area contributed by atoms with Crippen LogP contribution in [0, 0.1) is 5.41 Å². The molecular formula is C16H17NO. The molecule has 0 bridgehead atoms. The van der Waals surface area contributed by atoms with Crippen molar-refractivity contribution in [3.8, 4) is 11.1 Å². The van der Waals surface area contributed by atoms with Gasteiger partial charge in [-0.25, -0.2) is 0 Å². The van der Waals surface area contributed by atoms with Crippen molar-refractivity contribution < 1.29 is 4.79 Å². The highest BCUT2D eigenvalue weighted by atomic mass is 16.1. The highest BCUT2D eigenvalue weighted by Crippen LogP contribution is 2.23. The smallest absolute Gasteiger partial charge is 0.168 e. The van der Waals surface area contributed by atoms with E-state index in [1.807, 2.05) is 63.4 Å². The molecule has 2 heteroatoms. The molecule has 1 heterocycles. The number of hydrogen-bond donors (Lipinski definition) is 0. The number of rotatable bonds is 2. The molecule has 0 radical (unpaired) electrons. The van der Waals surface area contributed by atoms with Crippen LogP contribution in [-0.2, 0) is 0 Å². The van der Waals surface area contributed by atoms with E-state index < -0.39 is 0 Å². The van der Waals surface area contributed by atoms with Crippen LogP contribution in [-0.4, -0.2) is 10.8 Å². The third-order valence-electron chi connectivity index (χ3n) is 2.82. The van der Waals surface area contributed by atoms with Gasteiger partial charge >= 0.3 is 0 Å². The molecule has 0 fully saturated rings. The Morgan fingerprint density at radius 1 is 1.00 bits per heavy atom. The number of pyridine rings is 1. The lowest BCUT2D eigenvalue weighted by molar-refractivity contribution is 0.0858. The van der Waals surface area contributed by atoms with Gasteiger partial charge in [-0.1, -0.05) is 51.1 Å². The summed E-state index contributed by atoms with van der Waals surface area (Å²) in [6.07, 6.45) is 3.57. The molecule has 0 spiro atoms. The van der Waals surface area contributed by atoms with Crippen LogP contribution in [0.2, 0.25) is 0 Å². The quantitative estimate of drug-likeness (QED) is 0.742. The standard InChI is InChI=1S/C16H17NO/c1-16(2,3)15(18)13-8-6-12(7-9-13)14-5-4-10-17-11-14/h4-11H,1-3H3. The molecule has 1 aromatic heterocycles. The molecule has 0 aliphatic carbocycles. The van der Waals surface area contributed by atoms with E-state index in [9.17, 15) is 4.79 Å². The van der Waals surface area contributed by atoms with Gasteiger partial charge in [0.15, 0.2) is 5.78 Å². The topological polar surface area (TPSA) is 30.0 Å². The summed E-state index contributed by atoms with van der Waals surface area (Å²) >= 11 is 0. The molecular weight excluding hydrogens is 222 g/mol. The lowest BCUT2D eigenvalue weighted by Crippen LogP contribution is -2.19. The van der Waals surface area contributed by atoms with Gasteiger partial charge in [0, 0.05) is 23.4 Å². The molecule has 0 saturated heterocycles. The minimum Gasteiger partial charge on any atom is -0.294 e. The normalized spacial score (nSPS) is 11.3. The zero-order chi connectivity index (χ0) is 13.2. The van der Waals surface area contributed by atoms with Crippen LogP contribution in [0.5, 0.6) is 0 Å². The number of nitrogens with zero attached hydrogens (tertiary/aromatic N) is 1. The van der Waals surface area contributed by atoms with Gasteiger partial charge in [-0.05, 0) is 17.2 Å². The Hall–Kier alpha value is -1.96. The molecule has 2 aromatic rings. The summed E-state index contributed by atoms with van der Waals surface area (Å²) in [5.74, 6) is 0.167. The van der Waals surface area contributed by atoms with Gasteiger partial charge in [0.1, 0.15) is 0 Å². The Labute approximate surface area is 108 Å². The first kappa shape index (κ1) is 12.5. The summed E-state index contributed by atoms with van der Waals surface area (Å²) in [6.45, 7) is 5.80. The van der Waals surface area contributed by atoms with Crippen molar-refractivity contribution in [2.45, 2.75) is 20.8 Å². The SMILES string of the molecule is CC(C)(C)C(=O)c1ccc(-c2cccnc2)cc1. The minimum atomic E-state index is -0.337. The van der Waals surface area contributed by atoms with Crippen LogP contribution >= 0.6 is 0 Å². The number of ketones is 1. The first-order valence-corrected chi connectivity index (χ1v) is 6.04. The minimum absolute atomic E-state index is 0.167. The van der Waals surface area contributed by atoms with Crippen molar-refractivity contribution in [3.63, 3.8) is 0 Å². The highest BCUT2D eigenvalue weighted by molar-refractivity contribution is 6.00. The monoisotopic (exact) mass is 239 g/mol. The first-order chi connectivity index (χ1) is 8.48. The molecule has 2 rings (SSSR count). The number of aromatic nitrogens is 1. The molecule has 2 nitrogen and oxygen atoms in total. The van der Waals surface area contributed by atoms with Crippen LogP contribution in [0.3, 0.4) is 0 Å². The molecule has 1 aromatic carbocycles. The summed E-state index contributed by atoms with van der Waals surface area (Å²) in [5.41, 5.74) is 2.56. The summed E-state index contributed by atoms with van der Waals surface area (Å²) < 4.78 is 0. The fourth-order valence-corrected chi connectivity index (χ4v) is 1.78. The molecule has 0 aliphatic heterocycles. The Morgan fingerprint density at radius 3 is 2.17 bits per heavy atom. The van der Waals surface area contributed by atoms with Crippen LogP contribution in [0.25, 0.3) is 11.1 Å². The molecule has 0 N–H and O–H groups in total. The summed E-state index contributed by atoms with van der Waals surface area (Å²) in [7, 11) is 0. The van der Waals surface area contributed by atoms with Crippen molar-refractivity contribution in [1.82, 2.24) is 4.98 Å². The maximum Gasteiger partial charge on any atom is 0.168 e. The number of benzene rings is 1.